The molecule has 2 rings (SSSR count). The highest BCUT2D eigenvalue weighted by Gasteiger charge is 2.27. The number of benzene rings is 1. The molecule has 2 N–H and O–H groups in total. The van der Waals surface area contributed by atoms with E-state index >= 15 is 0 Å². The van der Waals surface area contributed by atoms with Gasteiger partial charge in [0.2, 0.25) is 5.91 Å². The largest absolute Gasteiger partial charge is 0.452 e. The Morgan fingerprint density at radius 2 is 1.83 bits per heavy atom. The number of hydrogen-bond acceptors (Lipinski definition) is 4. The molecule has 1 aliphatic rings. The number of nitrogens with zero attached hydrogens (tertiary/aromatic N) is 1. The minimum Gasteiger partial charge on any atom is -0.452 e. The SMILES string of the molecule is Cc1cc(C)c(C(=O)OCC(=O)N2CCC[C@H](C(N)=O)C2)c(C)c1. The zero-order chi connectivity index (χ0) is 17.9. The third kappa shape index (κ3) is 4.13. The molecule has 1 heterocycles. The van der Waals surface area contributed by atoms with Crippen LogP contribution in [-0.2, 0) is 14.3 Å². The van der Waals surface area contributed by atoms with Gasteiger partial charge in [0.25, 0.3) is 5.91 Å². The molecule has 1 aliphatic heterocycles. The predicted octanol–water partition coefficient (Wildman–Crippen LogP) is 1.49. The van der Waals surface area contributed by atoms with Gasteiger partial charge in [-0.2, -0.15) is 0 Å². The summed E-state index contributed by atoms with van der Waals surface area (Å²) in [6, 6.07) is 3.82. The monoisotopic (exact) mass is 332 g/mol. The minimum absolute atomic E-state index is 0.295. The topological polar surface area (TPSA) is 89.7 Å². The third-order valence-electron chi connectivity index (χ3n) is 4.38. The maximum Gasteiger partial charge on any atom is 0.339 e. The van der Waals surface area contributed by atoms with E-state index in [9.17, 15) is 14.4 Å². The molecule has 2 amide bonds. The Kier molecular flexibility index (Phi) is 5.59. The summed E-state index contributed by atoms with van der Waals surface area (Å²) in [5.41, 5.74) is 8.55. The van der Waals surface area contributed by atoms with Crippen molar-refractivity contribution in [3.8, 4) is 0 Å². The molecule has 0 spiro atoms. The summed E-state index contributed by atoms with van der Waals surface area (Å²) in [4.78, 5) is 37.3. The molecule has 0 aromatic heterocycles. The molecule has 130 valence electrons. The standard InChI is InChI=1S/C18H24N2O4/c1-11-7-12(2)16(13(3)8-11)18(23)24-10-15(21)20-6-4-5-14(9-20)17(19)22/h7-8,14H,4-6,9-10H2,1-3H3,(H2,19,22)/t14-/m0/s1. The summed E-state index contributed by atoms with van der Waals surface area (Å²) in [6.45, 7) is 6.19. The molecule has 0 radical (unpaired) electrons. The van der Waals surface area contributed by atoms with Crippen molar-refractivity contribution in [2.75, 3.05) is 19.7 Å². The number of carbonyl (C=O) groups is 3. The van der Waals surface area contributed by atoms with Crippen molar-refractivity contribution in [1.82, 2.24) is 4.90 Å². The summed E-state index contributed by atoms with van der Waals surface area (Å²) >= 11 is 0. The van der Waals surface area contributed by atoms with E-state index in [4.69, 9.17) is 10.5 Å². The van der Waals surface area contributed by atoms with Crippen molar-refractivity contribution in [2.24, 2.45) is 11.7 Å². The number of hydrogen-bond donors (Lipinski definition) is 1. The van der Waals surface area contributed by atoms with Gasteiger partial charge >= 0.3 is 5.97 Å². The average Bonchev–Trinajstić information content (AvgIpc) is 2.51. The number of carbonyl (C=O) groups excluding carboxylic acids is 3. The maximum absolute atomic E-state index is 12.3. The highest BCUT2D eigenvalue weighted by molar-refractivity contribution is 5.94. The van der Waals surface area contributed by atoms with E-state index in [1.54, 1.807) is 4.90 Å². The Balaban J connectivity index is 1.97. The van der Waals surface area contributed by atoms with E-state index < -0.39 is 11.9 Å². The minimum atomic E-state index is -0.498. The summed E-state index contributed by atoms with van der Waals surface area (Å²) in [5, 5.41) is 0. The van der Waals surface area contributed by atoms with Crippen LogP contribution in [0.1, 0.15) is 39.9 Å². The fraction of sp³-hybridized carbons (Fsp3) is 0.500. The van der Waals surface area contributed by atoms with Crippen LogP contribution < -0.4 is 5.73 Å². The van der Waals surface area contributed by atoms with Gasteiger partial charge in [0.1, 0.15) is 0 Å². The van der Waals surface area contributed by atoms with Gasteiger partial charge in [-0.15, -0.1) is 0 Å². The number of esters is 1. The molecule has 0 aliphatic carbocycles. The molecule has 0 unspecified atom stereocenters. The zero-order valence-electron chi connectivity index (χ0n) is 14.4. The number of aryl methyl sites for hydroxylation is 3. The molecule has 1 atom stereocenters. The number of ether oxygens (including phenoxy) is 1. The number of rotatable bonds is 4. The third-order valence-corrected chi connectivity index (χ3v) is 4.38. The lowest BCUT2D eigenvalue weighted by atomic mass is 9.97. The lowest BCUT2D eigenvalue weighted by Gasteiger charge is -2.31. The first-order valence-electron chi connectivity index (χ1n) is 8.11. The molecule has 6 heteroatoms. The Hall–Kier alpha value is -2.37. The van der Waals surface area contributed by atoms with Crippen LogP contribution in [0.2, 0.25) is 0 Å². The van der Waals surface area contributed by atoms with Crippen LogP contribution in [0.3, 0.4) is 0 Å². The number of primary amides is 1. The molecule has 0 bridgehead atoms. The first-order chi connectivity index (χ1) is 11.3. The highest BCUT2D eigenvalue weighted by atomic mass is 16.5. The van der Waals surface area contributed by atoms with Crippen molar-refractivity contribution in [2.45, 2.75) is 33.6 Å². The van der Waals surface area contributed by atoms with Crippen molar-refractivity contribution < 1.29 is 19.1 Å². The Bertz CT molecular complexity index is 646. The fourth-order valence-corrected chi connectivity index (χ4v) is 3.23. The first kappa shape index (κ1) is 18.0. The van der Waals surface area contributed by atoms with Crippen LogP contribution in [0, 0.1) is 26.7 Å². The summed E-state index contributed by atoms with van der Waals surface area (Å²) in [5.74, 6) is -1.51. The molecular weight excluding hydrogens is 308 g/mol. The predicted molar refractivity (Wildman–Crippen MR) is 89.4 cm³/mol. The van der Waals surface area contributed by atoms with Gasteiger partial charge in [0, 0.05) is 13.1 Å². The van der Waals surface area contributed by atoms with E-state index in [2.05, 4.69) is 0 Å². The van der Waals surface area contributed by atoms with Crippen LogP contribution in [0.5, 0.6) is 0 Å². The average molecular weight is 332 g/mol. The van der Waals surface area contributed by atoms with Gasteiger partial charge in [-0.1, -0.05) is 17.7 Å². The second-order valence-corrected chi connectivity index (χ2v) is 6.43. The van der Waals surface area contributed by atoms with Crippen molar-refractivity contribution in [3.63, 3.8) is 0 Å². The quantitative estimate of drug-likeness (QED) is 0.846. The zero-order valence-corrected chi connectivity index (χ0v) is 14.4. The molecule has 1 saturated heterocycles. The van der Waals surface area contributed by atoms with Crippen LogP contribution in [0.4, 0.5) is 0 Å². The van der Waals surface area contributed by atoms with E-state index in [-0.39, 0.29) is 18.4 Å². The van der Waals surface area contributed by atoms with Gasteiger partial charge in [-0.25, -0.2) is 4.79 Å². The van der Waals surface area contributed by atoms with E-state index in [0.29, 0.717) is 25.1 Å². The van der Waals surface area contributed by atoms with Gasteiger partial charge in [0.15, 0.2) is 6.61 Å². The van der Waals surface area contributed by atoms with Crippen LogP contribution in [0.15, 0.2) is 12.1 Å². The molecule has 1 aromatic rings. The fourth-order valence-electron chi connectivity index (χ4n) is 3.23. The van der Waals surface area contributed by atoms with E-state index in [1.165, 1.54) is 0 Å². The highest BCUT2D eigenvalue weighted by Crippen LogP contribution is 2.18. The first-order valence-corrected chi connectivity index (χ1v) is 8.11. The van der Waals surface area contributed by atoms with Crippen LogP contribution in [-0.4, -0.2) is 42.4 Å². The normalized spacial score (nSPS) is 17.5. The smallest absolute Gasteiger partial charge is 0.339 e. The lowest BCUT2D eigenvalue weighted by molar-refractivity contribution is -0.137. The summed E-state index contributed by atoms with van der Waals surface area (Å²) in [6.07, 6.45) is 1.42. The van der Waals surface area contributed by atoms with Gasteiger partial charge in [0.05, 0.1) is 11.5 Å². The van der Waals surface area contributed by atoms with Gasteiger partial charge in [-0.05, 0) is 44.7 Å². The van der Waals surface area contributed by atoms with Crippen molar-refractivity contribution in [3.05, 3.63) is 34.4 Å². The molecule has 6 nitrogen and oxygen atoms in total. The molecule has 0 saturated carbocycles. The van der Waals surface area contributed by atoms with Crippen LogP contribution in [0.25, 0.3) is 0 Å². The molecule has 24 heavy (non-hydrogen) atoms. The maximum atomic E-state index is 12.3. The lowest BCUT2D eigenvalue weighted by Crippen LogP contribution is -2.45. The number of likely N-dealkylation sites (tertiary alicyclic amines) is 1. The Morgan fingerprint density at radius 3 is 2.42 bits per heavy atom. The van der Waals surface area contributed by atoms with Crippen LogP contribution >= 0.6 is 0 Å². The molecular formula is C18H24N2O4. The van der Waals surface area contributed by atoms with E-state index in [0.717, 1.165) is 23.1 Å². The summed E-state index contributed by atoms with van der Waals surface area (Å²) in [7, 11) is 0. The van der Waals surface area contributed by atoms with Gasteiger partial charge in [-0.3, -0.25) is 9.59 Å². The second-order valence-electron chi connectivity index (χ2n) is 6.43. The Labute approximate surface area is 142 Å². The van der Waals surface area contributed by atoms with Gasteiger partial charge < -0.3 is 15.4 Å². The Morgan fingerprint density at radius 1 is 1.21 bits per heavy atom. The second kappa shape index (κ2) is 7.47. The number of piperidine rings is 1. The molecule has 1 fully saturated rings. The summed E-state index contributed by atoms with van der Waals surface area (Å²) < 4.78 is 5.19. The van der Waals surface area contributed by atoms with Crippen molar-refractivity contribution >= 4 is 17.8 Å². The molecule has 1 aromatic carbocycles. The van der Waals surface area contributed by atoms with Crippen molar-refractivity contribution in [1.29, 1.82) is 0 Å². The van der Waals surface area contributed by atoms with E-state index in [1.807, 2.05) is 32.9 Å². The number of nitrogens with two attached hydrogens (primary N) is 1. The number of amides is 2.